The second-order valence-electron chi connectivity index (χ2n) is 5.91. The quantitative estimate of drug-likeness (QED) is 0.904. The van der Waals surface area contributed by atoms with E-state index in [0.29, 0.717) is 6.04 Å². The minimum atomic E-state index is 0.586. The zero-order valence-electron chi connectivity index (χ0n) is 12.6. The van der Waals surface area contributed by atoms with Crippen molar-refractivity contribution in [3.05, 3.63) is 17.6 Å². The van der Waals surface area contributed by atoms with Crippen LogP contribution in [0.5, 0.6) is 0 Å². The van der Waals surface area contributed by atoms with E-state index in [0.717, 1.165) is 42.8 Å². The summed E-state index contributed by atoms with van der Waals surface area (Å²) in [6, 6.07) is 0.586. The van der Waals surface area contributed by atoms with Crippen molar-refractivity contribution in [3.8, 4) is 0 Å². The van der Waals surface area contributed by atoms with Crippen LogP contribution >= 0.6 is 0 Å². The van der Waals surface area contributed by atoms with E-state index in [1.54, 1.807) is 0 Å². The van der Waals surface area contributed by atoms with Crippen LogP contribution in [0.2, 0.25) is 0 Å². The first kappa shape index (κ1) is 14.3. The van der Waals surface area contributed by atoms with Crippen molar-refractivity contribution in [2.45, 2.75) is 46.6 Å². The normalized spacial score (nSPS) is 17.2. The maximum Gasteiger partial charge on any atom is 0.150 e. The van der Waals surface area contributed by atoms with Crippen molar-refractivity contribution >= 4 is 5.82 Å². The molecule has 2 rings (SSSR count). The van der Waals surface area contributed by atoms with Gasteiger partial charge < -0.3 is 10.2 Å². The van der Waals surface area contributed by atoms with Gasteiger partial charge in [-0.05, 0) is 39.2 Å². The highest BCUT2D eigenvalue weighted by molar-refractivity contribution is 5.43. The van der Waals surface area contributed by atoms with Crippen molar-refractivity contribution in [1.29, 1.82) is 0 Å². The van der Waals surface area contributed by atoms with Crippen LogP contribution in [0.4, 0.5) is 5.82 Å². The second-order valence-corrected chi connectivity index (χ2v) is 5.91. The number of piperidine rings is 1. The molecular formula is C15H26N4. The summed E-state index contributed by atoms with van der Waals surface area (Å²) in [6.07, 6.45) is 4.34. The van der Waals surface area contributed by atoms with Crippen LogP contribution in [0.3, 0.4) is 0 Å². The number of nitrogens with one attached hydrogen (secondary N) is 1. The summed E-state index contributed by atoms with van der Waals surface area (Å²) in [5.74, 6) is 1.88. The summed E-state index contributed by atoms with van der Waals surface area (Å²) in [7, 11) is 0. The fourth-order valence-corrected chi connectivity index (χ4v) is 2.58. The average molecular weight is 262 g/mol. The van der Waals surface area contributed by atoms with Crippen LogP contribution in [-0.4, -0.2) is 35.6 Å². The number of anilines is 1. The average Bonchev–Trinajstić information content (AvgIpc) is 2.40. The number of aryl methyl sites for hydroxylation is 2. The lowest BCUT2D eigenvalue weighted by atomic mass is 9.96. The van der Waals surface area contributed by atoms with E-state index in [1.807, 2.05) is 20.0 Å². The molecule has 4 heteroatoms. The lowest BCUT2D eigenvalue weighted by Gasteiger charge is -2.33. The number of hydrogen-bond acceptors (Lipinski definition) is 4. The molecule has 0 amide bonds. The molecule has 0 aliphatic carbocycles. The van der Waals surface area contributed by atoms with Gasteiger partial charge in [-0.2, -0.15) is 0 Å². The van der Waals surface area contributed by atoms with Gasteiger partial charge in [0.15, 0.2) is 0 Å². The minimum absolute atomic E-state index is 0.586. The van der Waals surface area contributed by atoms with Gasteiger partial charge in [-0.15, -0.1) is 0 Å². The van der Waals surface area contributed by atoms with Gasteiger partial charge in [-0.25, -0.2) is 4.98 Å². The van der Waals surface area contributed by atoms with Crippen molar-refractivity contribution < 1.29 is 0 Å². The summed E-state index contributed by atoms with van der Waals surface area (Å²) in [6.45, 7) is 11.8. The van der Waals surface area contributed by atoms with Crippen LogP contribution < -0.4 is 10.2 Å². The molecule has 1 aliphatic rings. The van der Waals surface area contributed by atoms with E-state index in [2.05, 4.69) is 34.0 Å². The van der Waals surface area contributed by atoms with Gasteiger partial charge in [0.25, 0.3) is 0 Å². The molecule has 2 heterocycles. The van der Waals surface area contributed by atoms with Crippen molar-refractivity contribution in [2.75, 3.05) is 24.5 Å². The largest absolute Gasteiger partial charge is 0.355 e. The summed E-state index contributed by atoms with van der Waals surface area (Å²) in [5.41, 5.74) is 2.05. The zero-order valence-corrected chi connectivity index (χ0v) is 12.6. The topological polar surface area (TPSA) is 41.1 Å². The number of hydrogen-bond donors (Lipinski definition) is 1. The summed E-state index contributed by atoms with van der Waals surface area (Å²) < 4.78 is 0. The Bertz CT molecular complexity index is 409. The predicted molar refractivity (Wildman–Crippen MR) is 79.6 cm³/mol. The van der Waals surface area contributed by atoms with Crippen LogP contribution in [-0.2, 0) is 0 Å². The molecule has 0 saturated carbocycles. The molecule has 0 spiro atoms. The van der Waals surface area contributed by atoms with Crippen molar-refractivity contribution in [3.63, 3.8) is 0 Å². The maximum absolute atomic E-state index is 4.64. The van der Waals surface area contributed by atoms with Gasteiger partial charge in [0.1, 0.15) is 5.82 Å². The van der Waals surface area contributed by atoms with E-state index < -0.39 is 0 Å². The molecule has 4 nitrogen and oxygen atoms in total. The molecule has 0 radical (unpaired) electrons. The van der Waals surface area contributed by atoms with Crippen LogP contribution in [0, 0.1) is 19.8 Å². The van der Waals surface area contributed by atoms with Crippen LogP contribution in [0.1, 0.15) is 38.1 Å². The van der Waals surface area contributed by atoms with Crippen molar-refractivity contribution in [2.24, 2.45) is 5.92 Å². The molecule has 1 N–H and O–H groups in total. The molecule has 19 heavy (non-hydrogen) atoms. The smallest absolute Gasteiger partial charge is 0.150 e. The first-order valence-corrected chi connectivity index (χ1v) is 7.35. The molecule has 106 valence electrons. The molecule has 0 aromatic carbocycles. The third-order valence-electron chi connectivity index (χ3n) is 3.78. The highest BCUT2D eigenvalue weighted by Gasteiger charge is 2.21. The SMILES string of the molecule is Cc1cnc(C)c(N2CCC(CNC(C)C)CC2)n1. The van der Waals surface area contributed by atoms with E-state index in [1.165, 1.54) is 12.8 Å². The van der Waals surface area contributed by atoms with E-state index in [9.17, 15) is 0 Å². The molecule has 1 aliphatic heterocycles. The molecule has 1 saturated heterocycles. The van der Waals surface area contributed by atoms with E-state index >= 15 is 0 Å². The van der Waals surface area contributed by atoms with Gasteiger partial charge in [0, 0.05) is 25.3 Å². The third-order valence-corrected chi connectivity index (χ3v) is 3.78. The first-order valence-electron chi connectivity index (χ1n) is 7.35. The number of rotatable bonds is 4. The zero-order chi connectivity index (χ0) is 13.8. The molecule has 1 fully saturated rings. The third kappa shape index (κ3) is 3.90. The van der Waals surface area contributed by atoms with Crippen LogP contribution in [0.15, 0.2) is 6.20 Å². The van der Waals surface area contributed by atoms with E-state index in [-0.39, 0.29) is 0 Å². The Balaban J connectivity index is 1.90. The first-order chi connectivity index (χ1) is 9.06. The molecule has 0 bridgehead atoms. The molecule has 1 aromatic rings. The lowest BCUT2D eigenvalue weighted by molar-refractivity contribution is 0.369. The Morgan fingerprint density at radius 2 is 2.00 bits per heavy atom. The molecule has 1 aromatic heterocycles. The maximum atomic E-state index is 4.64. The van der Waals surface area contributed by atoms with Gasteiger partial charge in [-0.3, -0.25) is 4.98 Å². The summed E-state index contributed by atoms with van der Waals surface area (Å²) in [4.78, 5) is 11.4. The molecule has 0 atom stereocenters. The fraction of sp³-hybridized carbons (Fsp3) is 0.733. The predicted octanol–water partition coefficient (Wildman–Crippen LogP) is 2.31. The summed E-state index contributed by atoms with van der Waals surface area (Å²) >= 11 is 0. The van der Waals surface area contributed by atoms with E-state index in [4.69, 9.17) is 0 Å². The van der Waals surface area contributed by atoms with Gasteiger partial charge in [-0.1, -0.05) is 13.8 Å². The van der Waals surface area contributed by atoms with Crippen LogP contribution in [0.25, 0.3) is 0 Å². The number of nitrogens with zero attached hydrogens (tertiary/aromatic N) is 3. The fourth-order valence-electron chi connectivity index (χ4n) is 2.58. The molecule has 0 unspecified atom stereocenters. The lowest BCUT2D eigenvalue weighted by Crippen LogP contribution is -2.39. The minimum Gasteiger partial charge on any atom is -0.355 e. The Kier molecular flexibility index (Phi) is 4.75. The second kappa shape index (κ2) is 6.33. The van der Waals surface area contributed by atoms with Gasteiger partial charge >= 0.3 is 0 Å². The Morgan fingerprint density at radius 3 is 2.63 bits per heavy atom. The highest BCUT2D eigenvalue weighted by Crippen LogP contribution is 2.23. The van der Waals surface area contributed by atoms with Gasteiger partial charge in [0.2, 0.25) is 0 Å². The van der Waals surface area contributed by atoms with Crippen molar-refractivity contribution in [1.82, 2.24) is 15.3 Å². The Hall–Kier alpha value is -1.16. The van der Waals surface area contributed by atoms with Gasteiger partial charge in [0.05, 0.1) is 11.4 Å². The molecular weight excluding hydrogens is 236 g/mol. The Labute approximate surface area is 116 Å². The standard InChI is InChI=1S/C15H26N4/c1-11(2)16-10-14-5-7-19(8-6-14)15-13(4)17-9-12(3)18-15/h9,11,14,16H,5-8,10H2,1-4H3. The Morgan fingerprint density at radius 1 is 1.32 bits per heavy atom. The monoisotopic (exact) mass is 262 g/mol. The summed E-state index contributed by atoms with van der Waals surface area (Å²) in [5, 5.41) is 3.54. The highest BCUT2D eigenvalue weighted by atomic mass is 15.2. The number of aromatic nitrogens is 2.